The Balaban J connectivity index is 2.23. The van der Waals surface area contributed by atoms with Gasteiger partial charge in [-0.1, -0.05) is 26.0 Å². The summed E-state index contributed by atoms with van der Waals surface area (Å²) in [6.07, 6.45) is 0.506. The predicted octanol–water partition coefficient (Wildman–Crippen LogP) is 2.92. The fourth-order valence-electron chi connectivity index (χ4n) is 2.55. The van der Waals surface area contributed by atoms with Crippen LogP contribution in [0.4, 0.5) is 15.5 Å². The molecule has 0 saturated carbocycles. The van der Waals surface area contributed by atoms with Crippen LogP contribution in [-0.4, -0.2) is 29.1 Å². The Morgan fingerprint density at radius 1 is 1.15 bits per heavy atom. The first-order chi connectivity index (χ1) is 12.7. The van der Waals surface area contributed by atoms with E-state index in [0.29, 0.717) is 12.1 Å². The van der Waals surface area contributed by atoms with Gasteiger partial charge < -0.3 is 21.9 Å². The van der Waals surface area contributed by atoms with E-state index in [9.17, 15) is 19.5 Å². The lowest BCUT2D eigenvalue weighted by Gasteiger charge is -2.17. The number of benzene rings is 1. The molecule has 0 unspecified atom stereocenters. The second kappa shape index (κ2) is 8.54. The molecule has 1 aromatic heterocycles. The summed E-state index contributed by atoms with van der Waals surface area (Å²) < 4.78 is 0. The molecule has 144 valence electrons. The van der Waals surface area contributed by atoms with Crippen molar-refractivity contribution < 1.29 is 19.5 Å². The number of thiophene rings is 1. The topological polar surface area (TPSA) is 148 Å². The third-order valence-electron chi connectivity index (χ3n) is 3.75. The minimum absolute atomic E-state index is 0.180. The Hall–Kier alpha value is -3.07. The molecule has 27 heavy (non-hydrogen) atoms. The minimum Gasteiger partial charge on any atom is -0.480 e. The molecule has 2 aromatic rings. The monoisotopic (exact) mass is 390 g/mol. The van der Waals surface area contributed by atoms with Gasteiger partial charge in [-0.25, -0.2) is 9.59 Å². The molecule has 0 bridgehead atoms. The van der Waals surface area contributed by atoms with E-state index in [1.54, 1.807) is 30.3 Å². The SMILES string of the molecule is CC(C)C[C@H](Nc1ccc(-c2cc(C(N)=O)c(NC(N)=O)s2)cc1)C(=O)O. The third-order valence-corrected chi connectivity index (χ3v) is 4.85. The standard InChI is InChI=1S/C18H22N4O4S/c1-9(2)7-13(17(24)25)21-11-5-3-10(4-6-11)14-8-12(15(19)23)16(27-14)22-18(20)26/h3-6,8-9,13,21H,7H2,1-2H3,(H2,19,23)(H,24,25)(H3,20,22,26)/t13-/m0/s1. The summed E-state index contributed by atoms with van der Waals surface area (Å²) in [6, 6.07) is 7.23. The van der Waals surface area contributed by atoms with E-state index in [2.05, 4.69) is 10.6 Å². The number of urea groups is 1. The smallest absolute Gasteiger partial charge is 0.326 e. The number of primary amides is 2. The maximum Gasteiger partial charge on any atom is 0.326 e. The van der Waals surface area contributed by atoms with E-state index >= 15 is 0 Å². The number of rotatable bonds is 8. The number of aliphatic carboxylic acids is 1. The molecule has 2 rings (SSSR count). The summed E-state index contributed by atoms with van der Waals surface area (Å²) >= 11 is 1.18. The molecule has 0 aliphatic heterocycles. The second-order valence-electron chi connectivity index (χ2n) is 6.45. The largest absolute Gasteiger partial charge is 0.480 e. The third kappa shape index (κ3) is 5.45. The van der Waals surface area contributed by atoms with Gasteiger partial charge in [0.2, 0.25) is 0 Å². The Bertz CT molecular complexity index is 846. The number of carboxylic acid groups (broad SMARTS) is 1. The van der Waals surface area contributed by atoms with Crippen LogP contribution >= 0.6 is 11.3 Å². The Morgan fingerprint density at radius 2 is 1.78 bits per heavy atom. The number of amides is 3. The van der Waals surface area contributed by atoms with Gasteiger partial charge in [0.1, 0.15) is 11.0 Å². The Kier molecular flexibility index (Phi) is 6.40. The zero-order chi connectivity index (χ0) is 20.1. The normalized spacial score (nSPS) is 11.8. The van der Waals surface area contributed by atoms with E-state index in [0.717, 1.165) is 10.4 Å². The zero-order valence-electron chi connectivity index (χ0n) is 15.0. The number of hydrogen-bond donors (Lipinski definition) is 5. The molecule has 8 nitrogen and oxygen atoms in total. The molecular weight excluding hydrogens is 368 g/mol. The molecular formula is C18H22N4O4S. The lowest BCUT2D eigenvalue weighted by atomic mass is 10.0. The van der Waals surface area contributed by atoms with Crippen molar-refractivity contribution in [1.82, 2.24) is 0 Å². The van der Waals surface area contributed by atoms with E-state index in [4.69, 9.17) is 11.5 Å². The highest BCUT2D eigenvalue weighted by molar-refractivity contribution is 7.20. The average molecular weight is 390 g/mol. The van der Waals surface area contributed by atoms with E-state index in [-0.39, 0.29) is 16.5 Å². The van der Waals surface area contributed by atoms with Crippen molar-refractivity contribution in [3.05, 3.63) is 35.9 Å². The van der Waals surface area contributed by atoms with Gasteiger partial charge in [0.15, 0.2) is 0 Å². The van der Waals surface area contributed by atoms with Gasteiger partial charge in [0.05, 0.1) is 5.56 Å². The maximum absolute atomic E-state index is 11.5. The van der Waals surface area contributed by atoms with Gasteiger partial charge in [-0.05, 0) is 36.1 Å². The van der Waals surface area contributed by atoms with Gasteiger partial charge in [-0.2, -0.15) is 0 Å². The predicted molar refractivity (Wildman–Crippen MR) is 106 cm³/mol. The van der Waals surface area contributed by atoms with Crippen molar-refractivity contribution in [2.45, 2.75) is 26.3 Å². The molecule has 0 saturated heterocycles. The highest BCUT2D eigenvalue weighted by Crippen LogP contribution is 2.35. The minimum atomic E-state index is -0.903. The van der Waals surface area contributed by atoms with Crippen molar-refractivity contribution in [2.75, 3.05) is 10.6 Å². The molecule has 1 heterocycles. The molecule has 3 amide bonds. The van der Waals surface area contributed by atoms with Crippen LogP contribution in [0.5, 0.6) is 0 Å². The first-order valence-electron chi connectivity index (χ1n) is 8.27. The van der Waals surface area contributed by atoms with Crippen molar-refractivity contribution in [2.24, 2.45) is 17.4 Å². The number of anilines is 2. The van der Waals surface area contributed by atoms with Crippen molar-refractivity contribution in [3.63, 3.8) is 0 Å². The summed E-state index contributed by atoms with van der Waals surface area (Å²) in [5.41, 5.74) is 12.1. The molecule has 0 radical (unpaired) electrons. The van der Waals surface area contributed by atoms with E-state index in [1.165, 1.54) is 11.3 Å². The van der Waals surface area contributed by atoms with Gasteiger partial charge in [0.25, 0.3) is 5.91 Å². The lowest BCUT2D eigenvalue weighted by Crippen LogP contribution is -2.30. The molecule has 9 heteroatoms. The zero-order valence-corrected chi connectivity index (χ0v) is 15.8. The fourth-order valence-corrected chi connectivity index (χ4v) is 3.62. The van der Waals surface area contributed by atoms with Gasteiger partial charge in [-0.3, -0.25) is 10.1 Å². The van der Waals surface area contributed by atoms with Crippen LogP contribution in [0, 0.1) is 5.92 Å². The van der Waals surface area contributed by atoms with E-state index in [1.807, 2.05) is 13.8 Å². The van der Waals surface area contributed by atoms with Gasteiger partial charge >= 0.3 is 12.0 Å². The second-order valence-corrected chi connectivity index (χ2v) is 7.50. The molecule has 0 fully saturated rings. The number of nitrogens with two attached hydrogens (primary N) is 2. The van der Waals surface area contributed by atoms with Crippen LogP contribution < -0.4 is 22.1 Å². The van der Waals surface area contributed by atoms with Crippen molar-refractivity contribution >= 4 is 39.9 Å². The quantitative estimate of drug-likeness (QED) is 0.470. The number of carbonyl (C=O) groups excluding carboxylic acids is 2. The highest BCUT2D eigenvalue weighted by atomic mass is 32.1. The number of carboxylic acids is 1. The highest BCUT2D eigenvalue weighted by Gasteiger charge is 2.19. The molecule has 1 atom stereocenters. The number of hydrogen-bond acceptors (Lipinski definition) is 5. The fraction of sp³-hybridized carbons (Fsp3) is 0.278. The molecule has 1 aromatic carbocycles. The molecule has 7 N–H and O–H groups in total. The summed E-state index contributed by atoms with van der Waals surface area (Å²) in [5.74, 6) is -1.33. The average Bonchev–Trinajstić information content (AvgIpc) is 2.97. The first-order valence-corrected chi connectivity index (χ1v) is 9.09. The lowest BCUT2D eigenvalue weighted by molar-refractivity contribution is -0.138. The summed E-state index contributed by atoms with van der Waals surface area (Å²) in [7, 11) is 0. The summed E-state index contributed by atoms with van der Waals surface area (Å²) in [6.45, 7) is 3.93. The first kappa shape index (κ1) is 20.2. The Morgan fingerprint density at radius 3 is 2.26 bits per heavy atom. The Labute approximate surface area is 160 Å². The number of nitrogens with one attached hydrogen (secondary N) is 2. The van der Waals surface area contributed by atoms with Crippen LogP contribution in [0.25, 0.3) is 10.4 Å². The van der Waals surface area contributed by atoms with Gasteiger partial charge in [0, 0.05) is 10.6 Å². The number of carbonyl (C=O) groups is 3. The van der Waals surface area contributed by atoms with Crippen LogP contribution in [0.3, 0.4) is 0 Å². The van der Waals surface area contributed by atoms with Gasteiger partial charge in [-0.15, -0.1) is 11.3 Å². The van der Waals surface area contributed by atoms with Crippen molar-refractivity contribution in [3.8, 4) is 10.4 Å². The van der Waals surface area contributed by atoms with Crippen LogP contribution in [0.15, 0.2) is 30.3 Å². The molecule has 0 aliphatic carbocycles. The van der Waals surface area contributed by atoms with Crippen molar-refractivity contribution in [1.29, 1.82) is 0 Å². The molecule has 0 aliphatic rings. The maximum atomic E-state index is 11.5. The summed E-state index contributed by atoms with van der Waals surface area (Å²) in [4.78, 5) is 34.7. The molecule has 0 spiro atoms. The van der Waals surface area contributed by atoms with E-state index < -0.39 is 23.9 Å². The van der Waals surface area contributed by atoms with Crippen LogP contribution in [0.2, 0.25) is 0 Å². The van der Waals surface area contributed by atoms with Crippen LogP contribution in [0.1, 0.15) is 30.6 Å². The summed E-state index contributed by atoms with van der Waals surface area (Å²) in [5, 5.41) is 15.0. The van der Waals surface area contributed by atoms with Crippen LogP contribution in [-0.2, 0) is 4.79 Å².